The first-order chi connectivity index (χ1) is 17.9. The largest absolute Gasteiger partial charge is 0.493 e. The van der Waals surface area contributed by atoms with Gasteiger partial charge in [0.05, 0.1) is 23.4 Å². The Hall–Kier alpha value is -4.49. The van der Waals surface area contributed by atoms with Crippen molar-refractivity contribution in [3.05, 3.63) is 59.5 Å². The number of anilines is 3. The number of nitrogens with zero attached hydrogens (tertiary/aromatic N) is 5. The van der Waals surface area contributed by atoms with Crippen molar-refractivity contribution in [2.75, 3.05) is 10.6 Å². The van der Waals surface area contributed by atoms with Gasteiger partial charge in [0, 0.05) is 25.5 Å². The van der Waals surface area contributed by atoms with Crippen LogP contribution in [0.25, 0.3) is 11.1 Å². The minimum atomic E-state index is -4.48. The average Bonchev–Trinajstić information content (AvgIpc) is 3.44. The second kappa shape index (κ2) is 9.11. The lowest BCUT2D eigenvalue weighted by molar-refractivity contribution is -0.165. The summed E-state index contributed by atoms with van der Waals surface area (Å²) >= 11 is 0. The maximum Gasteiger partial charge on any atom is 0.401 e. The smallest absolute Gasteiger partial charge is 0.401 e. The van der Waals surface area contributed by atoms with E-state index in [4.69, 9.17) is 4.52 Å². The number of aryl methyl sites for hydroxylation is 2. The van der Waals surface area contributed by atoms with Gasteiger partial charge in [-0.2, -0.15) is 23.3 Å². The van der Waals surface area contributed by atoms with E-state index < -0.39 is 29.7 Å². The van der Waals surface area contributed by atoms with Gasteiger partial charge in [-0.25, -0.2) is 9.37 Å². The summed E-state index contributed by atoms with van der Waals surface area (Å²) in [5.41, 5.74) is -0.235. The number of carbonyl (C=O) groups excluding carboxylic acids is 1. The lowest BCUT2D eigenvalue weighted by atomic mass is 10.0. The molecule has 0 saturated heterocycles. The van der Waals surface area contributed by atoms with Crippen LogP contribution in [0.2, 0.25) is 0 Å². The average molecular weight is 531 g/mol. The number of halogens is 4. The van der Waals surface area contributed by atoms with Crippen molar-refractivity contribution in [3.8, 4) is 17.0 Å². The van der Waals surface area contributed by atoms with Crippen molar-refractivity contribution in [3.63, 3.8) is 0 Å². The van der Waals surface area contributed by atoms with Crippen molar-refractivity contribution < 1.29 is 32.0 Å². The number of carbonyl (C=O) groups is 1. The Balaban J connectivity index is 1.25. The third-order valence-corrected chi connectivity index (χ3v) is 6.29. The third kappa shape index (κ3) is 4.76. The van der Waals surface area contributed by atoms with Gasteiger partial charge in [0.1, 0.15) is 11.2 Å². The second-order valence-corrected chi connectivity index (χ2v) is 9.05. The molecule has 1 fully saturated rings. The van der Waals surface area contributed by atoms with Gasteiger partial charge in [0.15, 0.2) is 11.6 Å². The van der Waals surface area contributed by atoms with Gasteiger partial charge in [-0.15, -0.1) is 0 Å². The molecular weight excluding hydrogens is 510 g/mol. The Morgan fingerprint density at radius 1 is 1.26 bits per heavy atom. The first-order valence-corrected chi connectivity index (χ1v) is 11.4. The fraction of sp³-hybridized carbons (Fsp3) is 0.292. The molecular formula is C24H21F4N7O3. The second-order valence-electron chi connectivity index (χ2n) is 9.05. The zero-order valence-electron chi connectivity index (χ0n) is 20.1. The summed E-state index contributed by atoms with van der Waals surface area (Å²) in [6.07, 6.45) is -2.06. The summed E-state index contributed by atoms with van der Waals surface area (Å²) in [6, 6.07) is 4.99. The number of benzene rings is 1. The van der Waals surface area contributed by atoms with Crippen molar-refractivity contribution in [1.82, 2.24) is 24.9 Å². The summed E-state index contributed by atoms with van der Waals surface area (Å²) in [6.45, 7) is 1.79. The van der Waals surface area contributed by atoms with Crippen LogP contribution in [0.4, 0.5) is 35.0 Å². The Morgan fingerprint density at radius 3 is 2.63 bits per heavy atom. The monoisotopic (exact) mass is 531 g/mol. The molecule has 14 heteroatoms. The lowest BCUT2D eigenvalue weighted by Gasteiger charge is -2.14. The van der Waals surface area contributed by atoms with Crippen molar-refractivity contribution in [2.24, 2.45) is 7.05 Å². The molecule has 198 valence electrons. The van der Waals surface area contributed by atoms with E-state index in [1.54, 1.807) is 24.9 Å². The van der Waals surface area contributed by atoms with Crippen molar-refractivity contribution in [1.29, 1.82) is 0 Å². The highest BCUT2D eigenvalue weighted by Crippen LogP contribution is 2.59. The number of aromatic nitrogens is 5. The molecule has 1 amide bonds. The van der Waals surface area contributed by atoms with Crippen LogP contribution in [0.3, 0.4) is 0 Å². The van der Waals surface area contributed by atoms with Gasteiger partial charge in [0.25, 0.3) is 0 Å². The van der Waals surface area contributed by atoms with Gasteiger partial charge >= 0.3 is 6.18 Å². The summed E-state index contributed by atoms with van der Waals surface area (Å²) in [5, 5.41) is 23.4. The van der Waals surface area contributed by atoms with Crippen LogP contribution in [0.5, 0.6) is 5.88 Å². The molecule has 1 aliphatic carbocycles. The molecule has 0 atom stereocenters. The molecule has 1 saturated carbocycles. The quantitative estimate of drug-likeness (QED) is 0.297. The highest BCUT2D eigenvalue weighted by Gasteiger charge is 2.66. The predicted molar refractivity (Wildman–Crippen MR) is 126 cm³/mol. The highest BCUT2D eigenvalue weighted by atomic mass is 19.4. The van der Waals surface area contributed by atoms with Crippen LogP contribution in [-0.2, 0) is 23.7 Å². The topological polar surface area (TPSA) is 131 Å². The van der Waals surface area contributed by atoms with Gasteiger partial charge in [-0.1, -0.05) is 17.3 Å². The summed E-state index contributed by atoms with van der Waals surface area (Å²) in [5.74, 6) is -2.25. The summed E-state index contributed by atoms with van der Waals surface area (Å²) in [4.78, 5) is 20.5. The normalized spacial score (nSPS) is 14.4. The Morgan fingerprint density at radius 2 is 2.03 bits per heavy atom. The zero-order valence-corrected chi connectivity index (χ0v) is 20.1. The molecule has 0 unspecified atom stereocenters. The minimum absolute atomic E-state index is 0.0228. The number of amides is 1. The molecule has 3 aromatic heterocycles. The number of aromatic hydroxyl groups is 1. The minimum Gasteiger partial charge on any atom is -0.493 e. The van der Waals surface area contributed by atoms with E-state index in [9.17, 15) is 27.5 Å². The summed E-state index contributed by atoms with van der Waals surface area (Å²) < 4.78 is 60.9. The molecule has 5 rings (SSSR count). The van der Waals surface area contributed by atoms with Gasteiger partial charge in [-0.3, -0.25) is 9.48 Å². The fourth-order valence-corrected chi connectivity index (χ4v) is 4.05. The van der Waals surface area contributed by atoms with E-state index in [0.717, 1.165) is 12.1 Å². The molecule has 3 heterocycles. The third-order valence-electron chi connectivity index (χ3n) is 6.29. The Bertz CT molecular complexity index is 1530. The fourth-order valence-electron chi connectivity index (χ4n) is 4.05. The molecule has 3 N–H and O–H groups in total. The molecule has 0 bridgehead atoms. The van der Waals surface area contributed by atoms with Crippen LogP contribution < -0.4 is 10.6 Å². The summed E-state index contributed by atoms with van der Waals surface area (Å²) in [7, 11) is 1.76. The molecule has 1 aromatic carbocycles. The number of alkyl halides is 3. The number of hydrogen-bond donors (Lipinski definition) is 3. The van der Waals surface area contributed by atoms with Crippen LogP contribution >= 0.6 is 0 Å². The maximum atomic E-state index is 14.8. The molecule has 0 radical (unpaired) electrons. The highest BCUT2D eigenvalue weighted by molar-refractivity contribution is 5.91. The van der Waals surface area contributed by atoms with Crippen LogP contribution in [0.15, 0.2) is 41.2 Å². The van der Waals surface area contributed by atoms with Gasteiger partial charge < -0.3 is 20.3 Å². The number of hydrogen-bond acceptors (Lipinski definition) is 8. The SMILES string of the molecule is Cc1nn(C)cc1Nc1ncc(-c2ccc(CC(=O)Nc3cc(C4(C(F)(F)F)CC4)on3)c(F)c2)c(O)n1. The van der Waals surface area contributed by atoms with E-state index in [0.29, 0.717) is 11.4 Å². The molecule has 0 spiro atoms. The Kier molecular flexibility index (Phi) is 6.04. The van der Waals surface area contributed by atoms with Crippen LogP contribution in [-0.4, -0.2) is 42.1 Å². The van der Waals surface area contributed by atoms with Gasteiger partial charge in [0.2, 0.25) is 17.7 Å². The zero-order chi connectivity index (χ0) is 27.2. The number of nitrogens with one attached hydrogen (secondary N) is 2. The lowest BCUT2D eigenvalue weighted by Crippen LogP contribution is -2.28. The molecule has 4 aromatic rings. The molecule has 1 aliphatic rings. The first-order valence-electron chi connectivity index (χ1n) is 11.4. The first kappa shape index (κ1) is 25.2. The van der Waals surface area contributed by atoms with Crippen molar-refractivity contribution >= 4 is 23.4 Å². The van der Waals surface area contributed by atoms with Gasteiger partial charge in [-0.05, 0) is 37.0 Å². The Labute approximate surface area is 212 Å². The molecule has 10 nitrogen and oxygen atoms in total. The van der Waals surface area contributed by atoms with E-state index in [1.807, 2.05) is 0 Å². The van der Waals surface area contributed by atoms with E-state index >= 15 is 0 Å². The van der Waals surface area contributed by atoms with E-state index in [-0.39, 0.29) is 52.9 Å². The maximum absolute atomic E-state index is 14.8. The van der Waals surface area contributed by atoms with Crippen LogP contribution in [0.1, 0.15) is 29.9 Å². The van der Waals surface area contributed by atoms with E-state index in [2.05, 4.69) is 30.9 Å². The molecule has 38 heavy (non-hydrogen) atoms. The standard InChI is InChI=1S/C24H21F4N7O3/c1-12-17(11-35(2)33-12)30-22-29-10-15(21(37)32-22)13-3-4-14(16(25)7-13)8-20(36)31-19-9-18(38-34-19)23(5-6-23)24(26,27)28/h3-4,7,9-11H,5-6,8H2,1-2H3,(H,31,34,36)(H2,29,30,32,37). The predicted octanol–water partition coefficient (Wildman–Crippen LogP) is 4.54. The van der Waals surface area contributed by atoms with Crippen molar-refractivity contribution in [2.45, 2.75) is 37.8 Å². The molecule has 0 aliphatic heterocycles. The van der Waals surface area contributed by atoms with Crippen LogP contribution in [0, 0.1) is 12.7 Å². The van der Waals surface area contributed by atoms with E-state index in [1.165, 1.54) is 18.3 Å². The number of rotatable bonds is 7.